The summed E-state index contributed by atoms with van der Waals surface area (Å²) in [5.74, 6) is 0.101. The van der Waals surface area contributed by atoms with Gasteiger partial charge in [-0.05, 0) is 24.8 Å². The number of hydrogen-bond donors (Lipinski definition) is 2. The molecule has 5 heteroatoms. The van der Waals surface area contributed by atoms with Gasteiger partial charge in [0.15, 0.2) is 5.69 Å². The van der Waals surface area contributed by atoms with Crippen LogP contribution >= 0.6 is 0 Å². The van der Waals surface area contributed by atoms with Gasteiger partial charge in [-0.1, -0.05) is 43.2 Å². The van der Waals surface area contributed by atoms with Crippen molar-refractivity contribution in [2.24, 2.45) is 0 Å². The first-order valence-corrected chi connectivity index (χ1v) is 9.44. The van der Waals surface area contributed by atoms with Crippen LogP contribution in [-0.4, -0.2) is 40.1 Å². The maximum atomic E-state index is 13.3. The molecule has 1 fully saturated rings. The summed E-state index contributed by atoms with van der Waals surface area (Å²) < 4.78 is 0. The highest BCUT2D eigenvalue weighted by atomic mass is 16.2. The van der Waals surface area contributed by atoms with Crippen LogP contribution in [0.2, 0.25) is 0 Å². The number of fused-ring (bicyclic) bond motifs is 1. The van der Waals surface area contributed by atoms with Gasteiger partial charge in [-0.3, -0.25) is 9.89 Å². The number of hydrogen-bond acceptors (Lipinski definition) is 3. The molecule has 25 heavy (non-hydrogen) atoms. The molecule has 0 radical (unpaired) electrons. The summed E-state index contributed by atoms with van der Waals surface area (Å²) in [5.41, 5.74) is 4.10. The Kier molecular flexibility index (Phi) is 4.83. The van der Waals surface area contributed by atoms with Gasteiger partial charge in [-0.25, -0.2) is 0 Å². The molecule has 1 aromatic heterocycles. The second-order valence-electron chi connectivity index (χ2n) is 7.13. The van der Waals surface area contributed by atoms with E-state index in [1.807, 2.05) is 6.07 Å². The lowest BCUT2D eigenvalue weighted by Gasteiger charge is -2.29. The number of benzene rings is 1. The van der Waals surface area contributed by atoms with Gasteiger partial charge in [-0.2, -0.15) is 5.10 Å². The fourth-order valence-corrected chi connectivity index (χ4v) is 4.10. The number of H-pyrrole nitrogens is 1. The Morgan fingerprint density at radius 1 is 1.20 bits per heavy atom. The molecule has 2 N–H and O–H groups in total. The van der Waals surface area contributed by atoms with E-state index in [9.17, 15) is 4.79 Å². The van der Waals surface area contributed by atoms with Crippen molar-refractivity contribution in [1.29, 1.82) is 0 Å². The number of rotatable bonds is 5. The molecule has 0 spiro atoms. The van der Waals surface area contributed by atoms with E-state index in [-0.39, 0.29) is 5.91 Å². The Labute approximate surface area is 148 Å². The van der Waals surface area contributed by atoms with Gasteiger partial charge in [-0.15, -0.1) is 0 Å². The first kappa shape index (κ1) is 16.3. The van der Waals surface area contributed by atoms with E-state index in [2.05, 4.69) is 44.7 Å². The number of aromatic nitrogens is 2. The van der Waals surface area contributed by atoms with E-state index < -0.39 is 0 Å². The zero-order valence-corrected chi connectivity index (χ0v) is 14.6. The summed E-state index contributed by atoms with van der Waals surface area (Å²) in [5, 5.41) is 10.8. The molecule has 5 nitrogen and oxygen atoms in total. The van der Waals surface area contributed by atoms with Crippen molar-refractivity contribution in [2.45, 2.75) is 51.1 Å². The van der Waals surface area contributed by atoms with E-state index in [0.717, 1.165) is 56.6 Å². The number of amides is 1. The zero-order chi connectivity index (χ0) is 17.1. The minimum absolute atomic E-state index is 0.101. The van der Waals surface area contributed by atoms with Crippen LogP contribution in [0.15, 0.2) is 30.3 Å². The predicted molar refractivity (Wildman–Crippen MR) is 97.4 cm³/mol. The smallest absolute Gasteiger partial charge is 0.274 e. The summed E-state index contributed by atoms with van der Waals surface area (Å²) >= 11 is 0. The first-order chi connectivity index (χ1) is 12.3. The highest BCUT2D eigenvalue weighted by molar-refractivity contribution is 5.94. The first-order valence-electron chi connectivity index (χ1n) is 9.44. The van der Waals surface area contributed by atoms with Crippen LogP contribution in [0.1, 0.15) is 53.0 Å². The molecule has 1 aliphatic heterocycles. The molecule has 1 saturated carbocycles. The Morgan fingerprint density at radius 3 is 2.80 bits per heavy atom. The molecule has 1 aliphatic carbocycles. The third-order valence-electron chi connectivity index (χ3n) is 5.52. The van der Waals surface area contributed by atoms with Gasteiger partial charge in [0.05, 0.1) is 0 Å². The average Bonchev–Trinajstić information content (AvgIpc) is 3.32. The lowest BCUT2D eigenvalue weighted by molar-refractivity contribution is 0.0676. The molecule has 4 rings (SSSR count). The molecule has 1 aromatic carbocycles. The fraction of sp³-hybridized carbons (Fsp3) is 0.500. The number of nitrogens with zero attached hydrogens (tertiary/aromatic N) is 2. The lowest BCUT2D eigenvalue weighted by Crippen LogP contribution is -2.41. The summed E-state index contributed by atoms with van der Waals surface area (Å²) in [4.78, 5) is 15.4. The SMILES string of the molecule is O=C(c1n[nH]c2c1CNCC2)N(CCc1ccccc1)C1CCCC1. The predicted octanol–water partition coefficient (Wildman–Crippen LogP) is 2.68. The minimum atomic E-state index is 0.101. The van der Waals surface area contributed by atoms with Gasteiger partial charge >= 0.3 is 0 Å². The molecule has 2 aliphatic rings. The molecule has 1 amide bonds. The fourth-order valence-electron chi connectivity index (χ4n) is 4.10. The lowest BCUT2D eigenvalue weighted by atomic mass is 10.0. The molecular weight excluding hydrogens is 312 g/mol. The Hall–Kier alpha value is -2.14. The molecule has 2 aromatic rings. The minimum Gasteiger partial charge on any atom is -0.334 e. The van der Waals surface area contributed by atoms with Crippen LogP contribution in [0.25, 0.3) is 0 Å². The van der Waals surface area contributed by atoms with Crippen LogP contribution in [0.3, 0.4) is 0 Å². The number of carbonyl (C=O) groups excluding carboxylic acids is 1. The van der Waals surface area contributed by atoms with Gasteiger partial charge in [0.2, 0.25) is 0 Å². The Balaban J connectivity index is 1.54. The quantitative estimate of drug-likeness (QED) is 0.881. The van der Waals surface area contributed by atoms with Crippen molar-refractivity contribution in [3.63, 3.8) is 0 Å². The van der Waals surface area contributed by atoms with Crippen LogP contribution in [-0.2, 0) is 19.4 Å². The van der Waals surface area contributed by atoms with Crippen LogP contribution in [0, 0.1) is 0 Å². The van der Waals surface area contributed by atoms with Crippen molar-refractivity contribution in [1.82, 2.24) is 20.4 Å². The standard InChI is InChI=1S/C20H26N4O/c25-20(19-17-14-21-12-10-18(17)22-23-19)24(16-8-4-5-9-16)13-11-15-6-2-1-3-7-15/h1-3,6-7,16,21H,4-5,8-14H2,(H,22,23). The van der Waals surface area contributed by atoms with Gasteiger partial charge in [0.1, 0.15) is 0 Å². The average molecular weight is 338 g/mol. The number of aromatic amines is 1. The van der Waals surface area contributed by atoms with Crippen molar-refractivity contribution in [3.8, 4) is 0 Å². The second kappa shape index (κ2) is 7.40. The van der Waals surface area contributed by atoms with Crippen molar-refractivity contribution < 1.29 is 4.79 Å². The largest absolute Gasteiger partial charge is 0.334 e. The van der Waals surface area contributed by atoms with E-state index in [1.54, 1.807) is 0 Å². The third kappa shape index (κ3) is 3.47. The Bertz CT molecular complexity index is 719. The second-order valence-corrected chi connectivity index (χ2v) is 7.13. The summed E-state index contributed by atoms with van der Waals surface area (Å²) in [6.07, 6.45) is 6.49. The summed E-state index contributed by atoms with van der Waals surface area (Å²) in [7, 11) is 0. The van der Waals surface area contributed by atoms with E-state index in [0.29, 0.717) is 11.7 Å². The molecule has 0 saturated heterocycles. The van der Waals surface area contributed by atoms with Gasteiger partial charge < -0.3 is 10.2 Å². The van der Waals surface area contributed by atoms with Crippen molar-refractivity contribution in [3.05, 3.63) is 52.8 Å². The van der Waals surface area contributed by atoms with Crippen LogP contribution in [0.4, 0.5) is 0 Å². The van der Waals surface area contributed by atoms with E-state index in [1.165, 1.54) is 18.4 Å². The highest BCUT2D eigenvalue weighted by Gasteiger charge is 2.31. The topological polar surface area (TPSA) is 61.0 Å². The van der Waals surface area contributed by atoms with Gasteiger partial charge in [0.25, 0.3) is 5.91 Å². The van der Waals surface area contributed by atoms with Crippen molar-refractivity contribution >= 4 is 5.91 Å². The highest BCUT2D eigenvalue weighted by Crippen LogP contribution is 2.26. The Morgan fingerprint density at radius 2 is 2.00 bits per heavy atom. The molecule has 0 atom stereocenters. The van der Waals surface area contributed by atoms with E-state index in [4.69, 9.17) is 0 Å². The maximum absolute atomic E-state index is 13.3. The zero-order valence-electron chi connectivity index (χ0n) is 14.6. The van der Waals surface area contributed by atoms with Crippen LogP contribution in [0.5, 0.6) is 0 Å². The molecule has 2 heterocycles. The maximum Gasteiger partial charge on any atom is 0.274 e. The van der Waals surface area contributed by atoms with E-state index >= 15 is 0 Å². The van der Waals surface area contributed by atoms with Crippen molar-refractivity contribution in [2.75, 3.05) is 13.1 Å². The third-order valence-corrected chi connectivity index (χ3v) is 5.52. The summed E-state index contributed by atoms with van der Waals surface area (Å²) in [6.45, 7) is 2.45. The molecule has 0 bridgehead atoms. The molecule has 0 unspecified atom stereocenters. The van der Waals surface area contributed by atoms with Gasteiger partial charge in [0, 0.05) is 43.4 Å². The molecule has 132 valence electrons. The van der Waals surface area contributed by atoms with Crippen LogP contribution < -0.4 is 5.32 Å². The monoisotopic (exact) mass is 338 g/mol. The summed E-state index contributed by atoms with van der Waals surface area (Å²) in [6, 6.07) is 10.8. The molecular formula is C20H26N4O. The number of nitrogens with one attached hydrogen (secondary N) is 2. The normalized spacial score (nSPS) is 17.4. The number of carbonyl (C=O) groups is 1.